The summed E-state index contributed by atoms with van der Waals surface area (Å²) >= 11 is 0. The first kappa shape index (κ1) is 15.5. The zero-order valence-corrected chi connectivity index (χ0v) is 14.3. The van der Waals surface area contributed by atoms with Crippen LogP contribution < -0.4 is 14.8 Å². The number of carbonyl (C=O) groups is 1. The van der Waals surface area contributed by atoms with Crippen LogP contribution in [0.1, 0.15) is 21.5 Å². The van der Waals surface area contributed by atoms with Crippen LogP contribution >= 0.6 is 0 Å². The maximum Gasteiger partial charge on any atom is 0.259 e. The molecule has 0 saturated carbocycles. The van der Waals surface area contributed by atoms with Crippen molar-refractivity contribution in [2.75, 3.05) is 19.5 Å². The van der Waals surface area contributed by atoms with E-state index in [-0.39, 0.29) is 5.91 Å². The van der Waals surface area contributed by atoms with Gasteiger partial charge < -0.3 is 14.8 Å². The molecule has 0 fully saturated rings. The van der Waals surface area contributed by atoms with Gasteiger partial charge in [0.15, 0.2) is 11.5 Å². The SMILES string of the molecule is COc1cccc(C(=O)Nc2ccc3c4c(cccc24)CC3)c1OC. The molecule has 0 spiro atoms. The van der Waals surface area contributed by atoms with Crippen molar-refractivity contribution in [3.63, 3.8) is 0 Å². The zero-order valence-electron chi connectivity index (χ0n) is 14.3. The van der Waals surface area contributed by atoms with Crippen LogP contribution in [-0.2, 0) is 12.8 Å². The van der Waals surface area contributed by atoms with Crippen molar-refractivity contribution >= 4 is 22.4 Å². The van der Waals surface area contributed by atoms with Gasteiger partial charge in [0.1, 0.15) is 0 Å². The summed E-state index contributed by atoms with van der Waals surface area (Å²) in [5.41, 5.74) is 3.97. The number of para-hydroxylation sites is 1. The molecule has 0 atom stereocenters. The maximum absolute atomic E-state index is 12.8. The second-order valence-electron chi connectivity index (χ2n) is 6.11. The van der Waals surface area contributed by atoms with E-state index in [0.717, 1.165) is 23.9 Å². The van der Waals surface area contributed by atoms with Crippen molar-refractivity contribution in [3.8, 4) is 11.5 Å². The summed E-state index contributed by atoms with van der Waals surface area (Å²) in [6.07, 6.45) is 2.13. The van der Waals surface area contributed by atoms with Gasteiger partial charge in [0.2, 0.25) is 0 Å². The smallest absolute Gasteiger partial charge is 0.259 e. The Kier molecular flexibility index (Phi) is 3.80. The number of nitrogens with one attached hydrogen (secondary N) is 1. The molecule has 4 rings (SSSR count). The number of benzene rings is 3. The molecule has 4 heteroatoms. The molecule has 1 amide bonds. The first-order valence-corrected chi connectivity index (χ1v) is 8.28. The van der Waals surface area contributed by atoms with Crippen molar-refractivity contribution in [1.82, 2.24) is 0 Å². The molecule has 0 radical (unpaired) electrons. The Hall–Kier alpha value is -3.01. The standard InChI is InChI=1S/C21H19NO3/c1-24-18-8-4-7-16(20(18)25-2)21(23)22-17-12-11-14-10-9-13-5-3-6-15(17)19(13)14/h3-8,11-12H,9-10H2,1-2H3,(H,22,23). The van der Waals surface area contributed by atoms with Crippen LogP contribution in [0, 0.1) is 0 Å². The second kappa shape index (κ2) is 6.13. The van der Waals surface area contributed by atoms with E-state index in [1.807, 2.05) is 6.07 Å². The van der Waals surface area contributed by atoms with E-state index >= 15 is 0 Å². The maximum atomic E-state index is 12.8. The van der Waals surface area contributed by atoms with Crippen molar-refractivity contribution in [2.24, 2.45) is 0 Å². The van der Waals surface area contributed by atoms with Crippen LogP contribution in [0.4, 0.5) is 5.69 Å². The van der Waals surface area contributed by atoms with Crippen LogP contribution in [0.25, 0.3) is 10.8 Å². The molecule has 3 aromatic rings. The summed E-state index contributed by atoms with van der Waals surface area (Å²) < 4.78 is 10.7. The molecule has 0 unspecified atom stereocenters. The summed E-state index contributed by atoms with van der Waals surface area (Å²) in [5.74, 6) is 0.762. The molecule has 0 aromatic heterocycles. The fourth-order valence-electron chi connectivity index (χ4n) is 3.61. The Labute approximate surface area is 146 Å². The molecular formula is C21H19NO3. The van der Waals surface area contributed by atoms with Gasteiger partial charge in [-0.1, -0.05) is 30.3 Å². The third kappa shape index (κ3) is 2.50. The van der Waals surface area contributed by atoms with Crippen LogP contribution in [0.3, 0.4) is 0 Å². The Morgan fingerprint density at radius 2 is 1.68 bits per heavy atom. The first-order chi connectivity index (χ1) is 12.2. The summed E-state index contributed by atoms with van der Waals surface area (Å²) in [5, 5.41) is 5.40. The molecule has 3 aromatic carbocycles. The molecule has 1 aliphatic rings. The fraction of sp³-hybridized carbons (Fsp3) is 0.190. The predicted octanol–water partition coefficient (Wildman–Crippen LogP) is 4.21. The average molecular weight is 333 g/mol. The second-order valence-corrected chi connectivity index (χ2v) is 6.11. The molecule has 1 N–H and O–H groups in total. The first-order valence-electron chi connectivity index (χ1n) is 8.28. The molecule has 1 aliphatic carbocycles. The number of carbonyl (C=O) groups excluding carboxylic acids is 1. The van der Waals surface area contributed by atoms with E-state index < -0.39 is 0 Å². The molecule has 126 valence electrons. The molecule has 0 bridgehead atoms. The number of aryl methyl sites for hydroxylation is 2. The Balaban J connectivity index is 1.75. The molecular weight excluding hydrogens is 314 g/mol. The van der Waals surface area contributed by atoms with Gasteiger partial charge in [-0.15, -0.1) is 0 Å². The molecule has 0 heterocycles. The average Bonchev–Trinajstić information content (AvgIpc) is 3.08. The van der Waals surface area contributed by atoms with Gasteiger partial charge >= 0.3 is 0 Å². The highest BCUT2D eigenvalue weighted by Crippen LogP contribution is 2.36. The largest absolute Gasteiger partial charge is 0.493 e. The molecule has 0 saturated heterocycles. The Morgan fingerprint density at radius 1 is 0.920 bits per heavy atom. The highest BCUT2D eigenvalue weighted by molar-refractivity contribution is 6.11. The van der Waals surface area contributed by atoms with E-state index in [2.05, 4.69) is 29.6 Å². The number of rotatable bonds is 4. The van der Waals surface area contributed by atoms with E-state index in [1.54, 1.807) is 25.3 Å². The fourth-order valence-corrected chi connectivity index (χ4v) is 3.61. The highest BCUT2D eigenvalue weighted by Gasteiger charge is 2.19. The van der Waals surface area contributed by atoms with E-state index in [4.69, 9.17) is 9.47 Å². The third-order valence-corrected chi connectivity index (χ3v) is 4.77. The van der Waals surface area contributed by atoms with Crippen LogP contribution in [0.15, 0.2) is 48.5 Å². The lowest BCUT2D eigenvalue weighted by molar-refractivity contribution is 0.102. The summed E-state index contributed by atoms with van der Waals surface area (Å²) in [6.45, 7) is 0. The molecule has 25 heavy (non-hydrogen) atoms. The van der Waals surface area contributed by atoms with Crippen molar-refractivity contribution < 1.29 is 14.3 Å². The minimum Gasteiger partial charge on any atom is -0.493 e. The van der Waals surface area contributed by atoms with Gasteiger partial charge in [0.05, 0.1) is 19.8 Å². The van der Waals surface area contributed by atoms with Crippen molar-refractivity contribution in [1.29, 1.82) is 0 Å². The third-order valence-electron chi connectivity index (χ3n) is 4.77. The van der Waals surface area contributed by atoms with E-state index in [0.29, 0.717) is 17.1 Å². The number of ether oxygens (including phenoxy) is 2. The zero-order chi connectivity index (χ0) is 17.4. The summed E-state index contributed by atoms with van der Waals surface area (Å²) in [4.78, 5) is 12.8. The predicted molar refractivity (Wildman–Crippen MR) is 98.9 cm³/mol. The van der Waals surface area contributed by atoms with Crippen LogP contribution in [0.2, 0.25) is 0 Å². The van der Waals surface area contributed by atoms with Crippen molar-refractivity contribution in [2.45, 2.75) is 12.8 Å². The number of hydrogen-bond acceptors (Lipinski definition) is 3. The number of anilines is 1. The lowest BCUT2D eigenvalue weighted by atomic mass is 10.0. The lowest BCUT2D eigenvalue weighted by Gasteiger charge is -2.14. The monoisotopic (exact) mass is 333 g/mol. The number of methoxy groups -OCH3 is 2. The lowest BCUT2D eigenvalue weighted by Crippen LogP contribution is -2.14. The minimum absolute atomic E-state index is 0.213. The van der Waals surface area contributed by atoms with E-state index in [9.17, 15) is 4.79 Å². The van der Waals surface area contributed by atoms with Crippen LogP contribution in [-0.4, -0.2) is 20.1 Å². The van der Waals surface area contributed by atoms with Gasteiger partial charge in [-0.2, -0.15) is 0 Å². The topological polar surface area (TPSA) is 47.6 Å². The summed E-state index contributed by atoms with van der Waals surface area (Å²) in [7, 11) is 3.09. The Morgan fingerprint density at radius 3 is 2.44 bits per heavy atom. The van der Waals surface area contributed by atoms with Gasteiger partial charge in [0.25, 0.3) is 5.91 Å². The highest BCUT2D eigenvalue weighted by atomic mass is 16.5. The van der Waals surface area contributed by atoms with Gasteiger partial charge in [-0.05, 0) is 47.6 Å². The van der Waals surface area contributed by atoms with E-state index in [1.165, 1.54) is 23.6 Å². The number of amides is 1. The molecule has 0 aliphatic heterocycles. The Bertz CT molecular complexity index is 968. The van der Waals surface area contributed by atoms with Gasteiger partial charge in [-0.3, -0.25) is 4.79 Å². The summed E-state index contributed by atoms with van der Waals surface area (Å²) in [6, 6.07) is 15.7. The minimum atomic E-state index is -0.213. The van der Waals surface area contributed by atoms with Crippen LogP contribution in [0.5, 0.6) is 11.5 Å². The number of hydrogen-bond donors (Lipinski definition) is 1. The quantitative estimate of drug-likeness (QED) is 0.778. The normalized spacial score (nSPS) is 12.2. The molecule has 4 nitrogen and oxygen atoms in total. The van der Waals surface area contributed by atoms with Gasteiger partial charge in [0, 0.05) is 11.1 Å². The van der Waals surface area contributed by atoms with Gasteiger partial charge in [-0.25, -0.2) is 0 Å². The van der Waals surface area contributed by atoms with Crippen molar-refractivity contribution in [3.05, 3.63) is 65.2 Å².